The fourth-order valence-corrected chi connectivity index (χ4v) is 4.48. The summed E-state index contributed by atoms with van der Waals surface area (Å²) in [6.45, 7) is 3.20. The molecule has 10 heteroatoms. The Labute approximate surface area is 177 Å². The number of piperidine rings is 1. The average Bonchev–Trinajstić information content (AvgIpc) is 3.12. The van der Waals surface area contributed by atoms with E-state index >= 15 is 0 Å². The van der Waals surface area contributed by atoms with Crippen molar-refractivity contribution in [1.29, 1.82) is 0 Å². The van der Waals surface area contributed by atoms with Gasteiger partial charge >= 0.3 is 6.36 Å². The quantitative estimate of drug-likeness (QED) is 0.719. The molecule has 2 aliphatic rings. The normalized spacial score (nSPS) is 21.3. The first-order valence-electron chi connectivity index (χ1n) is 10.3. The van der Waals surface area contributed by atoms with Crippen LogP contribution in [0.15, 0.2) is 28.8 Å². The summed E-state index contributed by atoms with van der Waals surface area (Å²) in [5.74, 6) is 0.634. The van der Waals surface area contributed by atoms with Crippen molar-refractivity contribution in [1.82, 2.24) is 15.0 Å². The van der Waals surface area contributed by atoms with E-state index in [-0.39, 0.29) is 11.2 Å². The smallest absolute Gasteiger partial charge is 0.405 e. The summed E-state index contributed by atoms with van der Waals surface area (Å²) in [7, 11) is 0. The zero-order chi connectivity index (χ0) is 22.1. The van der Waals surface area contributed by atoms with Crippen LogP contribution in [0.25, 0.3) is 0 Å². The molecule has 2 aliphatic heterocycles. The molecule has 2 saturated heterocycles. The van der Waals surface area contributed by atoms with E-state index in [1.54, 1.807) is 11.8 Å². The molecular formula is C21H24F3N3O4. The molecule has 2 aromatic rings. The van der Waals surface area contributed by atoms with Crippen LogP contribution in [-0.2, 0) is 11.2 Å². The van der Waals surface area contributed by atoms with E-state index in [0.29, 0.717) is 56.6 Å². The molecule has 7 nitrogen and oxygen atoms in total. The summed E-state index contributed by atoms with van der Waals surface area (Å²) >= 11 is 0. The van der Waals surface area contributed by atoms with Crippen LogP contribution in [0.5, 0.6) is 5.75 Å². The molecule has 0 saturated carbocycles. The SMILES string of the molecule is Cc1nc(CC2CCOC3(CCN(C(=O)c4ccccc4OC(F)(F)F)CC3)C2)no1. The van der Waals surface area contributed by atoms with Crippen LogP contribution in [0, 0.1) is 12.8 Å². The number of carbonyl (C=O) groups excluding carboxylic acids is 1. The number of rotatable bonds is 4. The lowest BCUT2D eigenvalue weighted by atomic mass is 9.78. The molecule has 1 spiro atoms. The van der Waals surface area contributed by atoms with E-state index in [2.05, 4.69) is 14.9 Å². The maximum absolute atomic E-state index is 12.9. The molecule has 168 valence electrons. The monoisotopic (exact) mass is 439 g/mol. The molecule has 1 unspecified atom stereocenters. The molecule has 1 aromatic heterocycles. The van der Waals surface area contributed by atoms with Crippen LogP contribution < -0.4 is 4.74 Å². The van der Waals surface area contributed by atoms with Crippen LogP contribution in [0.3, 0.4) is 0 Å². The highest BCUT2D eigenvalue weighted by Gasteiger charge is 2.42. The minimum atomic E-state index is -4.86. The second-order valence-electron chi connectivity index (χ2n) is 8.16. The van der Waals surface area contributed by atoms with Crippen molar-refractivity contribution < 1.29 is 32.0 Å². The molecule has 0 bridgehead atoms. The number of hydrogen-bond acceptors (Lipinski definition) is 6. The minimum Gasteiger partial charge on any atom is -0.405 e. The summed E-state index contributed by atoms with van der Waals surface area (Å²) in [5, 5.41) is 3.97. The third kappa shape index (κ3) is 5.17. The molecule has 0 aliphatic carbocycles. The van der Waals surface area contributed by atoms with Gasteiger partial charge in [0.2, 0.25) is 5.89 Å². The molecule has 2 fully saturated rings. The van der Waals surface area contributed by atoms with E-state index < -0.39 is 18.0 Å². The van der Waals surface area contributed by atoms with Gasteiger partial charge in [-0.05, 0) is 43.7 Å². The van der Waals surface area contributed by atoms with E-state index in [1.807, 2.05) is 0 Å². The maximum atomic E-state index is 12.9. The Kier molecular flexibility index (Phi) is 5.92. The first-order valence-corrected chi connectivity index (χ1v) is 10.3. The van der Waals surface area contributed by atoms with Crippen molar-refractivity contribution in [3.63, 3.8) is 0 Å². The number of hydrogen-bond donors (Lipinski definition) is 0. The third-order valence-corrected chi connectivity index (χ3v) is 5.94. The number of benzene rings is 1. The van der Waals surface area contributed by atoms with Crippen molar-refractivity contribution in [2.45, 2.75) is 51.0 Å². The fraction of sp³-hybridized carbons (Fsp3) is 0.571. The number of para-hydroxylation sites is 1. The lowest BCUT2D eigenvalue weighted by Gasteiger charge is -2.46. The molecule has 31 heavy (non-hydrogen) atoms. The van der Waals surface area contributed by atoms with E-state index in [1.165, 1.54) is 18.2 Å². The number of nitrogens with zero attached hydrogens (tertiary/aromatic N) is 3. The zero-order valence-electron chi connectivity index (χ0n) is 17.2. The Bertz CT molecular complexity index is 923. The van der Waals surface area contributed by atoms with Gasteiger partial charge in [0, 0.05) is 33.0 Å². The van der Waals surface area contributed by atoms with Gasteiger partial charge in [-0.1, -0.05) is 17.3 Å². The second kappa shape index (κ2) is 8.49. The highest BCUT2D eigenvalue weighted by molar-refractivity contribution is 5.97. The average molecular weight is 439 g/mol. The maximum Gasteiger partial charge on any atom is 0.573 e. The number of likely N-dealkylation sites (tertiary alicyclic amines) is 1. The third-order valence-electron chi connectivity index (χ3n) is 5.94. The Hall–Kier alpha value is -2.62. The molecule has 3 heterocycles. The van der Waals surface area contributed by atoms with Gasteiger partial charge in [0.1, 0.15) is 5.75 Å². The molecule has 1 amide bonds. The first kappa shape index (κ1) is 21.6. The van der Waals surface area contributed by atoms with Crippen LogP contribution in [0.4, 0.5) is 13.2 Å². The standard InChI is InChI=1S/C21H24F3N3O4/c1-14-25-18(26-31-14)12-15-6-11-29-20(13-15)7-9-27(10-8-20)19(28)16-4-2-3-5-17(16)30-21(22,23)24/h2-5,15H,6-13H2,1H3. The largest absolute Gasteiger partial charge is 0.573 e. The van der Waals surface area contributed by atoms with Crippen molar-refractivity contribution in [3.05, 3.63) is 41.5 Å². The van der Waals surface area contributed by atoms with E-state index in [0.717, 1.165) is 18.9 Å². The summed E-state index contributed by atoms with van der Waals surface area (Å²) < 4.78 is 53.3. The lowest BCUT2D eigenvalue weighted by molar-refractivity contribution is -0.274. The molecule has 0 N–H and O–H groups in total. The zero-order valence-corrected chi connectivity index (χ0v) is 17.2. The van der Waals surface area contributed by atoms with Crippen molar-refractivity contribution in [2.75, 3.05) is 19.7 Å². The Morgan fingerprint density at radius 1 is 1.29 bits per heavy atom. The lowest BCUT2D eigenvalue weighted by Crippen LogP contribution is -2.51. The molecule has 0 radical (unpaired) electrons. The number of amides is 1. The van der Waals surface area contributed by atoms with Crippen LogP contribution >= 0.6 is 0 Å². The number of ether oxygens (including phenoxy) is 2. The van der Waals surface area contributed by atoms with E-state index in [9.17, 15) is 18.0 Å². The van der Waals surface area contributed by atoms with Gasteiger partial charge in [0.25, 0.3) is 5.91 Å². The number of aryl methyl sites for hydroxylation is 1. The molecule has 1 aromatic carbocycles. The van der Waals surface area contributed by atoms with Gasteiger partial charge < -0.3 is 18.9 Å². The summed E-state index contributed by atoms with van der Waals surface area (Å²) in [4.78, 5) is 18.7. The van der Waals surface area contributed by atoms with Crippen molar-refractivity contribution >= 4 is 5.91 Å². The second-order valence-corrected chi connectivity index (χ2v) is 8.16. The van der Waals surface area contributed by atoms with Crippen LogP contribution in [0.1, 0.15) is 47.8 Å². The van der Waals surface area contributed by atoms with Gasteiger partial charge in [0.15, 0.2) is 5.82 Å². The minimum absolute atomic E-state index is 0.0920. The van der Waals surface area contributed by atoms with Gasteiger partial charge in [-0.15, -0.1) is 13.2 Å². The Morgan fingerprint density at radius 2 is 2.03 bits per heavy atom. The van der Waals surface area contributed by atoms with Crippen LogP contribution in [-0.4, -0.2) is 52.6 Å². The van der Waals surface area contributed by atoms with Crippen LogP contribution in [0.2, 0.25) is 0 Å². The Balaban J connectivity index is 1.39. The number of alkyl halides is 3. The molecule has 1 atom stereocenters. The highest BCUT2D eigenvalue weighted by atomic mass is 19.4. The summed E-state index contributed by atoms with van der Waals surface area (Å²) in [6, 6.07) is 5.44. The summed E-state index contributed by atoms with van der Waals surface area (Å²) in [5.41, 5.74) is -0.425. The predicted molar refractivity (Wildman–Crippen MR) is 102 cm³/mol. The van der Waals surface area contributed by atoms with Gasteiger partial charge in [-0.3, -0.25) is 4.79 Å². The first-order chi connectivity index (χ1) is 14.7. The van der Waals surface area contributed by atoms with Crippen molar-refractivity contribution in [3.8, 4) is 5.75 Å². The molecule has 4 rings (SSSR count). The van der Waals surface area contributed by atoms with Crippen molar-refractivity contribution in [2.24, 2.45) is 5.92 Å². The fourth-order valence-electron chi connectivity index (χ4n) is 4.48. The number of aromatic nitrogens is 2. The molecular weight excluding hydrogens is 415 g/mol. The highest BCUT2D eigenvalue weighted by Crippen LogP contribution is 2.39. The summed E-state index contributed by atoms with van der Waals surface area (Å²) in [6.07, 6.45) is -1.15. The number of carbonyl (C=O) groups is 1. The van der Waals surface area contributed by atoms with Gasteiger partial charge in [0.05, 0.1) is 11.2 Å². The van der Waals surface area contributed by atoms with Gasteiger partial charge in [-0.25, -0.2) is 0 Å². The van der Waals surface area contributed by atoms with Gasteiger partial charge in [-0.2, -0.15) is 4.98 Å². The predicted octanol–water partition coefficient (Wildman–Crippen LogP) is 3.92. The topological polar surface area (TPSA) is 77.7 Å². The number of halogens is 3. The van der Waals surface area contributed by atoms with E-state index in [4.69, 9.17) is 9.26 Å². The Morgan fingerprint density at radius 3 is 2.71 bits per heavy atom.